The number of amides is 1. The van der Waals surface area contributed by atoms with Crippen molar-refractivity contribution in [1.29, 1.82) is 0 Å². The fraction of sp³-hybridized carbons (Fsp3) is 0.500. The van der Waals surface area contributed by atoms with E-state index in [1.165, 1.54) is 0 Å². The topological polar surface area (TPSA) is 29.5 Å². The van der Waals surface area contributed by atoms with E-state index in [0.717, 1.165) is 37.1 Å². The van der Waals surface area contributed by atoms with Gasteiger partial charge in [-0.2, -0.15) is 0 Å². The molecule has 1 aliphatic heterocycles. The second-order valence-corrected chi connectivity index (χ2v) is 6.16. The van der Waals surface area contributed by atoms with Crippen LogP contribution in [0.3, 0.4) is 0 Å². The minimum absolute atomic E-state index is 0.0000246. The van der Waals surface area contributed by atoms with Crippen LogP contribution in [0.5, 0.6) is 0 Å². The van der Waals surface area contributed by atoms with Crippen LogP contribution in [0.1, 0.15) is 23.2 Å². The molecule has 0 radical (unpaired) electrons. The molecule has 1 unspecified atom stereocenters. The number of ether oxygens (including phenoxy) is 1. The molecule has 5 heteroatoms. The number of halogens is 2. The Morgan fingerprint density at radius 3 is 3.00 bits per heavy atom. The van der Waals surface area contributed by atoms with Crippen LogP contribution < -0.4 is 0 Å². The fourth-order valence-corrected chi connectivity index (χ4v) is 2.70. The number of hydrogen-bond donors (Lipinski definition) is 0. The van der Waals surface area contributed by atoms with Gasteiger partial charge in [0.1, 0.15) is 0 Å². The van der Waals surface area contributed by atoms with Gasteiger partial charge in [-0.25, -0.2) is 0 Å². The Kier molecular flexibility index (Phi) is 5.25. The van der Waals surface area contributed by atoms with Crippen molar-refractivity contribution in [1.82, 2.24) is 4.90 Å². The smallest absolute Gasteiger partial charge is 0.253 e. The van der Waals surface area contributed by atoms with Gasteiger partial charge in [-0.15, -0.1) is 0 Å². The van der Waals surface area contributed by atoms with Crippen LogP contribution in [0.15, 0.2) is 22.7 Å². The molecule has 104 valence electrons. The van der Waals surface area contributed by atoms with E-state index >= 15 is 0 Å². The van der Waals surface area contributed by atoms with Gasteiger partial charge in [0.05, 0.1) is 11.6 Å². The van der Waals surface area contributed by atoms with E-state index in [4.69, 9.17) is 16.3 Å². The van der Waals surface area contributed by atoms with E-state index in [9.17, 15) is 4.79 Å². The van der Waals surface area contributed by atoms with E-state index in [-0.39, 0.29) is 5.91 Å². The summed E-state index contributed by atoms with van der Waals surface area (Å²) >= 11 is 9.34. The zero-order chi connectivity index (χ0) is 13.8. The van der Waals surface area contributed by atoms with Crippen molar-refractivity contribution in [3.05, 3.63) is 33.3 Å². The van der Waals surface area contributed by atoms with Crippen LogP contribution in [0.4, 0.5) is 0 Å². The van der Waals surface area contributed by atoms with Gasteiger partial charge in [-0.05, 0) is 52.9 Å². The van der Waals surface area contributed by atoms with Crippen LogP contribution >= 0.6 is 27.5 Å². The van der Waals surface area contributed by atoms with Crippen molar-refractivity contribution in [2.45, 2.75) is 12.8 Å². The van der Waals surface area contributed by atoms with Crippen molar-refractivity contribution >= 4 is 33.4 Å². The maximum Gasteiger partial charge on any atom is 0.253 e. The summed E-state index contributed by atoms with van der Waals surface area (Å²) in [5.74, 6) is 0.439. The standard InChI is InChI=1S/C14H17BrClNO2/c1-17(8-10-3-2-6-19-9-10)14(18)11-4-5-12(15)13(16)7-11/h4-5,7,10H,2-3,6,8-9H2,1H3. The summed E-state index contributed by atoms with van der Waals surface area (Å²) < 4.78 is 6.24. The van der Waals surface area contributed by atoms with Crippen molar-refractivity contribution in [3.63, 3.8) is 0 Å². The van der Waals surface area contributed by atoms with E-state index in [1.54, 1.807) is 23.1 Å². The van der Waals surface area contributed by atoms with Crippen molar-refractivity contribution in [2.75, 3.05) is 26.8 Å². The zero-order valence-electron chi connectivity index (χ0n) is 10.9. The monoisotopic (exact) mass is 345 g/mol. The first-order valence-corrected chi connectivity index (χ1v) is 7.53. The third-order valence-corrected chi connectivity index (χ3v) is 4.53. The molecule has 0 aromatic heterocycles. The average molecular weight is 347 g/mol. The van der Waals surface area contributed by atoms with Crippen LogP contribution in [0.2, 0.25) is 5.02 Å². The molecule has 2 rings (SSSR count). The molecule has 1 aliphatic rings. The highest BCUT2D eigenvalue weighted by molar-refractivity contribution is 9.10. The first-order valence-electron chi connectivity index (χ1n) is 6.36. The van der Waals surface area contributed by atoms with E-state index in [0.29, 0.717) is 16.5 Å². The van der Waals surface area contributed by atoms with Crippen molar-refractivity contribution in [2.24, 2.45) is 5.92 Å². The number of carbonyl (C=O) groups excluding carboxylic acids is 1. The van der Waals surface area contributed by atoms with Crippen LogP contribution in [-0.2, 0) is 4.74 Å². The summed E-state index contributed by atoms with van der Waals surface area (Å²) in [5, 5.41) is 0.556. The average Bonchev–Trinajstić information content (AvgIpc) is 2.42. The molecule has 3 nitrogen and oxygen atoms in total. The zero-order valence-corrected chi connectivity index (χ0v) is 13.2. The largest absolute Gasteiger partial charge is 0.381 e. The molecular formula is C14H17BrClNO2. The molecule has 0 spiro atoms. The molecule has 0 bridgehead atoms. The van der Waals surface area contributed by atoms with E-state index in [1.807, 2.05) is 7.05 Å². The van der Waals surface area contributed by atoms with Gasteiger partial charge in [0.25, 0.3) is 5.91 Å². The van der Waals surface area contributed by atoms with Crippen molar-refractivity contribution in [3.8, 4) is 0 Å². The van der Waals surface area contributed by atoms with E-state index < -0.39 is 0 Å². The summed E-state index contributed by atoms with van der Waals surface area (Å²) in [4.78, 5) is 14.0. The Balaban J connectivity index is 1.99. The Bertz CT molecular complexity index is 461. The highest BCUT2D eigenvalue weighted by Crippen LogP contribution is 2.24. The van der Waals surface area contributed by atoms with Gasteiger partial charge < -0.3 is 9.64 Å². The lowest BCUT2D eigenvalue weighted by Gasteiger charge is -2.27. The van der Waals surface area contributed by atoms with E-state index in [2.05, 4.69) is 15.9 Å². The molecule has 0 aliphatic carbocycles. The third kappa shape index (κ3) is 3.94. The predicted octanol–water partition coefficient (Wildman–Crippen LogP) is 3.60. The maximum atomic E-state index is 12.3. The number of rotatable bonds is 3. The van der Waals surface area contributed by atoms with Gasteiger partial charge in [0.2, 0.25) is 0 Å². The van der Waals surface area contributed by atoms with Gasteiger partial charge in [0, 0.05) is 30.2 Å². The minimum Gasteiger partial charge on any atom is -0.381 e. The van der Waals surface area contributed by atoms with Crippen LogP contribution in [0, 0.1) is 5.92 Å². The lowest BCUT2D eigenvalue weighted by Crippen LogP contribution is -2.35. The highest BCUT2D eigenvalue weighted by Gasteiger charge is 2.20. The Morgan fingerprint density at radius 2 is 2.37 bits per heavy atom. The molecule has 1 atom stereocenters. The summed E-state index contributed by atoms with van der Waals surface area (Å²) in [6.45, 7) is 2.32. The molecule has 1 saturated heterocycles. The fourth-order valence-electron chi connectivity index (χ4n) is 2.27. The summed E-state index contributed by atoms with van der Waals surface area (Å²) in [7, 11) is 1.83. The molecule has 0 saturated carbocycles. The number of carbonyl (C=O) groups is 1. The molecule has 1 heterocycles. The Morgan fingerprint density at radius 1 is 1.58 bits per heavy atom. The van der Waals surface area contributed by atoms with Gasteiger partial charge >= 0.3 is 0 Å². The van der Waals surface area contributed by atoms with Gasteiger partial charge in [0.15, 0.2) is 0 Å². The maximum absolute atomic E-state index is 12.3. The first-order chi connectivity index (χ1) is 9.08. The predicted molar refractivity (Wildman–Crippen MR) is 79.7 cm³/mol. The molecular weight excluding hydrogens is 330 g/mol. The van der Waals surface area contributed by atoms with Crippen LogP contribution in [0.25, 0.3) is 0 Å². The summed E-state index contributed by atoms with van der Waals surface area (Å²) in [6.07, 6.45) is 2.20. The SMILES string of the molecule is CN(CC1CCCOC1)C(=O)c1ccc(Br)c(Cl)c1. The number of nitrogens with zero attached hydrogens (tertiary/aromatic N) is 1. The third-order valence-electron chi connectivity index (χ3n) is 3.30. The van der Waals surface area contributed by atoms with Crippen molar-refractivity contribution < 1.29 is 9.53 Å². The molecule has 0 N–H and O–H groups in total. The molecule has 1 aromatic carbocycles. The van der Waals surface area contributed by atoms with Gasteiger partial charge in [-0.1, -0.05) is 11.6 Å². The molecule has 1 amide bonds. The highest BCUT2D eigenvalue weighted by atomic mass is 79.9. The lowest BCUT2D eigenvalue weighted by atomic mass is 10.0. The molecule has 19 heavy (non-hydrogen) atoms. The normalized spacial score (nSPS) is 19.2. The van der Waals surface area contributed by atoms with Gasteiger partial charge in [-0.3, -0.25) is 4.79 Å². The van der Waals surface area contributed by atoms with Crippen LogP contribution in [-0.4, -0.2) is 37.6 Å². The second-order valence-electron chi connectivity index (χ2n) is 4.90. The molecule has 1 fully saturated rings. The second kappa shape index (κ2) is 6.73. The first kappa shape index (κ1) is 14.8. The Hall–Kier alpha value is -0.580. The lowest BCUT2D eigenvalue weighted by molar-refractivity contribution is 0.0388. The Labute approximate surface area is 127 Å². The quantitative estimate of drug-likeness (QED) is 0.837. The summed E-state index contributed by atoms with van der Waals surface area (Å²) in [5.41, 5.74) is 0.618. The minimum atomic E-state index is -0.0000246. The number of benzene rings is 1. The summed E-state index contributed by atoms with van der Waals surface area (Å²) in [6, 6.07) is 5.28. The number of hydrogen-bond acceptors (Lipinski definition) is 2. The molecule has 1 aromatic rings.